The number of nitrogens with one attached hydrogen (secondary N) is 1. The van der Waals surface area contributed by atoms with Gasteiger partial charge in [0.05, 0.1) is 11.1 Å². The molecule has 1 amide bonds. The lowest BCUT2D eigenvalue weighted by Gasteiger charge is -2.29. The van der Waals surface area contributed by atoms with Gasteiger partial charge in [-0.2, -0.15) is 0 Å². The molecular formula is C24H28Cl2FNO4. The van der Waals surface area contributed by atoms with Crippen LogP contribution in [0.5, 0.6) is 11.5 Å². The molecule has 0 aromatic heterocycles. The molecule has 2 aromatic rings. The number of ether oxygens (including phenoxy) is 2. The van der Waals surface area contributed by atoms with Gasteiger partial charge < -0.3 is 19.9 Å². The summed E-state index contributed by atoms with van der Waals surface area (Å²) in [6, 6.07) is 11.3. The highest BCUT2D eigenvalue weighted by atomic mass is 35.5. The Morgan fingerprint density at radius 1 is 1.06 bits per heavy atom. The van der Waals surface area contributed by atoms with E-state index in [0.29, 0.717) is 23.1 Å². The molecule has 1 atom stereocenters. The first-order valence-electron chi connectivity index (χ1n) is 10.8. The maximum Gasteiger partial charge on any atom is 0.258 e. The van der Waals surface area contributed by atoms with Gasteiger partial charge in [-0.3, -0.25) is 4.79 Å². The number of amides is 1. The summed E-state index contributed by atoms with van der Waals surface area (Å²) in [5, 5.41) is 13.8. The van der Waals surface area contributed by atoms with Gasteiger partial charge in [0.1, 0.15) is 23.9 Å². The predicted octanol–water partition coefficient (Wildman–Crippen LogP) is 5.41. The Labute approximate surface area is 197 Å². The zero-order chi connectivity index (χ0) is 22.9. The van der Waals surface area contributed by atoms with Crippen molar-refractivity contribution < 1.29 is 23.8 Å². The molecule has 2 aromatic carbocycles. The largest absolute Gasteiger partial charge is 0.491 e. The molecule has 32 heavy (non-hydrogen) atoms. The first-order chi connectivity index (χ1) is 15.4. The number of hydrogen-bond acceptors (Lipinski definition) is 4. The van der Waals surface area contributed by atoms with Crippen molar-refractivity contribution in [1.82, 2.24) is 5.32 Å². The molecule has 1 fully saturated rings. The van der Waals surface area contributed by atoms with Gasteiger partial charge in [0, 0.05) is 17.1 Å². The molecule has 1 unspecified atom stereocenters. The van der Waals surface area contributed by atoms with Crippen LogP contribution in [0.1, 0.15) is 38.5 Å². The lowest BCUT2D eigenvalue weighted by atomic mass is 9.83. The second kappa shape index (κ2) is 12.3. The number of benzene rings is 2. The molecule has 0 spiro atoms. The molecule has 1 aliphatic carbocycles. The molecule has 1 saturated carbocycles. The second-order valence-electron chi connectivity index (χ2n) is 8.15. The van der Waals surface area contributed by atoms with Gasteiger partial charge in [-0.25, -0.2) is 4.39 Å². The number of rotatable bonds is 10. The Bertz CT molecular complexity index is 873. The van der Waals surface area contributed by atoms with E-state index in [4.69, 9.17) is 32.7 Å². The highest BCUT2D eigenvalue weighted by Crippen LogP contribution is 2.28. The summed E-state index contributed by atoms with van der Waals surface area (Å²) in [5.41, 5.74) is 0. The van der Waals surface area contributed by atoms with Crippen LogP contribution in [0, 0.1) is 11.7 Å². The zero-order valence-corrected chi connectivity index (χ0v) is 19.2. The maximum atomic E-state index is 13.4. The summed E-state index contributed by atoms with van der Waals surface area (Å²) in [5.74, 6) is 0.684. The summed E-state index contributed by atoms with van der Waals surface area (Å²) in [4.78, 5) is 12.1. The normalized spacial score (nSPS) is 19.2. The molecule has 0 radical (unpaired) electrons. The van der Waals surface area contributed by atoms with Crippen molar-refractivity contribution in [3.63, 3.8) is 0 Å². The van der Waals surface area contributed by atoms with Crippen LogP contribution in [-0.2, 0) is 4.79 Å². The van der Waals surface area contributed by atoms with E-state index in [-0.39, 0.29) is 35.9 Å². The standard InChI is InChI=1S/C24H28Cl2FNO4/c25-17-4-9-20(10-5-17)31-14-19(29)8-3-16-1-6-18(7-2-16)28-24(30)15-32-21-11-12-22(26)23(27)13-21/h4-5,9-13,16,18-19,29H,1-3,6-8,14-15H2,(H,28,30). The fourth-order valence-electron chi connectivity index (χ4n) is 3.81. The quantitative estimate of drug-likeness (QED) is 0.474. The minimum absolute atomic E-state index is 0.0140. The molecule has 0 heterocycles. The number of aliphatic hydroxyl groups is 1. The van der Waals surface area contributed by atoms with Crippen molar-refractivity contribution >= 4 is 29.1 Å². The molecule has 2 N–H and O–H groups in total. The van der Waals surface area contributed by atoms with Crippen LogP contribution in [0.15, 0.2) is 42.5 Å². The highest BCUT2D eigenvalue weighted by Gasteiger charge is 2.23. The Hall–Kier alpha value is -2.02. The van der Waals surface area contributed by atoms with Gasteiger partial charge in [-0.15, -0.1) is 0 Å². The monoisotopic (exact) mass is 483 g/mol. The summed E-state index contributed by atoms with van der Waals surface area (Å²) < 4.78 is 24.4. The number of hydrogen-bond donors (Lipinski definition) is 2. The molecule has 174 valence electrons. The predicted molar refractivity (Wildman–Crippen MR) is 123 cm³/mol. The Kier molecular flexibility index (Phi) is 9.45. The average Bonchev–Trinajstić information content (AvgIpc) is 2.79. The van der Waals surface area contributed by atoms with E-state index < -0.39 is 11.9 Å². The summed E-state index contributed by atoms with van der Waals surface area (Å²) in [7, 11) is 0. The van der Waals surface area contributed by atoms with Crippen LogP contribution in [0.4, 0.5) is 4.39 Å². The van der Waals surface area contributed by atoms with Gasteiger partial charge in [0.2, 0.25) is 0 Å². The van der Waals surface area contributed by atoms with Crippen molar-refractivity contribution in [2.75, 3.05) is 13.2 Å². The number of carbonyl (C=O) groups is 1. The molecule has 0 aliphatic heterocycles. The average molecular weight is 484 g/mol. The van der Waals surface area contributed by atoms with Gasteiger partial charge >= 0.3 is 0 Å². The fraction of sp³-hybridized carbons (Fsp3) is 0.458. The first-order valence-corrected chi connectivity index (χ1v) is 11.6. The van der Waals surface area contributed by atoms with Crippen LogP contribution in [0.3, 0.4) is 0 Å². The SMILES string of the molecule is O=C(COc1ccc(Cl)c(F)c1)NC1CCC(CCC(O)COc2ccc(Cl)cc2)CC1. The van der Waals surface area contributed by atoms with E-state index in [0.717, 1.165) is 38.2 Å². The summed E-state index contributed by atoms with van der Waals surface area (Å²) >= 11 is 11.5. The molecule has 8 heteroatoms. The van der Waals surface area contributed by atoms with E-state index in [9.17, 15) is 14.3 Å². The maximum absolute atomic E-state index is 13.4. The van der Waals surface area contributed by atoms with E-state index in [1.807, 2.05) is 0 Å². The van der Waals surface area contributed by atoms with E-state index in [1.165, 1.54) is 12.1 Å². The zero-order valence-electron chi connectivity index (χ0n) is 17.7. The smallest absolute Gasteiger partial charge is 0.258 e. The third-order valence-corrected chi connectivity index (χ3v) is 6.20. The third kappa shape index (κ3) is 8.15. The summed E-state index contributed by atoms with van der Waals surface area (Å²) in [6.07, 6.45) is 4.88. The number of halogens is 3. The van der Waals surface area contributed by atoms with E-state index >= 15 is 0 Å². The minimum atomic E-state index is -0.579. The first kappa shape index (κ1) is 24.6. The van der Waals surface area contributed by atoms with Crippen LogP contribution in [0.25, 0.3) is 0 Å². The Balaban J connectivity index is 1.28. The molecule has 5 nitrogen and oxygen atoms in total. The van der Waals surface area contributed by atoms with Crippen molar-refractivity contribution in [3.8, 4) is 11.5 Å². The molecular weight excluding hydrogens is 456 g/mol. The third-order valence-electron chi connectivity index (χ3n) is 5.64. The van der Waals surface area contributed by atoms with Crippen LogP contribution in [-0.4, -0.2) is 36.4 Å². The van der Waals surface area contributed by atoms with Crippen LogP contribution < -0.4 is 14.8 Å². The molecule has 0 saturated heterocycles. The Morgan fingerprint density at radius 3 is 2.44 bits per heavy atom. The molecule has 0 bridgehead atoms. The van der Waals surface area contributed by atoms with Gasteiger partial charge in [-0.05, 0) is 80.8 Å². The van der Waals surface area contributed by atoms with Crippen molar-refractivity contribution in [1.29, 1.82) is 0 Å². The van der Waals surface area contributed by atoms with Crippen LogP contribution in [0.2, 0.25) is 10.0 Å². The highest BCUT2D eigenvalue weighted by molar-refractivity contribution is 6.30. The van der Waals surface area contributed by atoms with Crippen molar-refractivity contribution in [3.05, 3.63) is 58.3 Å². The van der Waals surface area contributed by atoms with Gasteiger partial charge in [-0.1, -0.05) is 23.2 Å². The number of carbonyl (C=O) groups excluding carboxylic acids is 1. The molecule has 1 aliphatic rings. The fourth-order valence-corrected chi connectivity index (χ4v) is 4.06. The molecule has 3 rings (SSSR count). The van der Waals surface area contributed by atoms with Crippen LogP contribution >= 0.6 is 23.2 Å². The van der Waals surface area contributed by atoms with E-state index in [1.54, 1.807) is 24.3 Å². The Morgan fingerprint density at radius 2 is 1.75 bits per heavy atom. The second-order valence-corrected chi connectivity index (χ2v) is 8.99. The lowest BCUT2D eigenvalue weighted by molar-refractivity contribution is -0.124. The topological polar surface area (TPSA) is 67.8 Å². The number of aliphatic hydroxyl groups excluding tert-OH is 1. The summed E-state index contributed by atoms with van der Waals surface area (Å²) in [6.45, 7) is 0.0887. The van der Waals surface area contributed by atoms with Gasteiger partial charge in [0.25, 0.3) is 5.91 Å². The lowest BCUT2D eigenvalue weighted by Crippen LogP contribution is -2.40. The van der Waals surface area contributed by atoms with E-state index in [2.05, 4.69) is 5.32 Å². The minimum Gasteiger partial charge on any atom is -0.491 e. The van der Waals surface area contributed by atoms with Gasteiger partial charge in [0.15, 0.2) is 6.61 Å². The van der Waals surface area contributed by atoms with Crippen molar-refractivity contribution in [2.24, 2.45) is 5.92 Å². The van der Waals surface area contributed by atoms with Crippen molar-refractivity contribution in [2.45, 2.75) is 50.7 Å².